The average Bonchev–Trinajstić information content (AvgIpc) is 3.13. The van der Waals surface area contributed by atoms with Gasteiger partial charge in [0.05, 0.1) is 28.8 Å². The van der Waals surface area contributed by atoms with Gasteiger partial charge in [-0.15, -0.1) is 5.73 Å². The highest BCUT2D eigenvalue weighted by molar-refractivity contribution is 5.97. The van der Waals surface area contributed by atoms with Crippen LogP contribution in [-0.4, -0.2) is 18.1 Å². The number of allylic oxidation sites excluding steroid dienone is 1. The number of nitrogens with one attached hydrogen (secondary N) is 1. The lowest BCUT2D eigenvalue weighted by atomic mass is 10.0. The van der Waals surface area contributed by atoms with Gasteiger partial charge in [-0.2, -0.15) is 23.7 Å². The SMILES string of the molecule is C[C@](C#N)(COc1cc(C#N)ccc1C(F)(F)F)NC(=O)C1=C=CC=C1. The first-order valence-electron chi connectivity index (χ1n) is 7.30. The zero-order valence-electron chi connectivity index (χ0n) is 13.5. The van der Waals surface area contributed by atoms with Crippen molar-refractivity contribution in [2.24, 2.45) is 0 Å². The summed E-state index contributed by atoms with van der Waals surface area (Å²) in [5.74, 6) is -1.20. The summed E-state index contributed by atoms with van der Waals surface area (Å²) in [6.45, 7) is 0.767. The summed E-state index contributed by atoms with van der Waals surface area (Å²) >= 11 is 0. The van der Waals surface area contributed by atoms with Crippen LogP contribution in [0.15, 0.2) is 47.7 Å². The molecule has 0 aliphatic heterocycles. The third kappa shape index (κ3) is 4.32. The maximum atomic E-state index is 13.1. The fourth-order valence-corrected chi connectivity index (χ4v) is 2.05. The van der Waals surface area contributed by atoms with Gasteiger partial charge in [-0.1, -0.05) is 6.08 Å². The Balaban J connectivity index is 2.21. The fraction of sp³-hybridized carbons (Fsp3) is 0.222. The van der Waals surface area contributed by atoms with Crippen molar-refractivity contribution in [3.8, 4) is 17.9 Å². The van der Waals surface area contributed by atoms with Gasteiger partial charge in [-0.05, 0) is 37.3 Å². The molecule has 26 heavy (non-hydrogen) atoms. The molecule has 0 fully saturated rings. The number of benzene rings is 1. The number of amides is 1. The van der Waals surface area contributed by atoms with Crippen LogP contribution in [0, 0.1) is 22.7 Å². The molecule has 0 heterocycles. The summed E-state index contributed by atoms with van der Waals surface area (Å²) < 4.78 is 44.4. The first kappa shape index (κ1) is 18.9. The number of rotatable bonds is 5. The number of ether oxygens (including phenoxy) is 1. The van der Waals surface area contributed by atoms with Crippen LogP contribution in [-0.2, 0) is 11.0 Å². The minimum Gasteiger partial charge on any atom is -0.489 e. The van der Waals surface area contributed by atoms with Gasteiger partial charge in [0.15, 0.2) is 5.54 Å². The number of alkyl halides is 3. The van der Waals surface area contributed by atoms with E-state index >= 15 is 0 Å². The van der Waals surface area contributed by atoms with E-state index in [2.05, 4.69) is 11.0 Å². The normalized spacial score (nSPS) is 14.8. The molecular formula is C18H12F3N3O2. The van der Waals surface area contributed by atoms with Crippen molar-refractivity contribution in [2.75, 3.05) is 6.61 Å². The summed E-state index contributed by atoms with van der Waals surface area (Å²) in [6.07, 6.45) is -0.123. The van der Waals surface area contributed by atoms with E-state index in [1.165, 1.54) is 19.1 Å². The number of nitrogens with zero attached hydrogens (tertiary/aromatic N) is 2. The van der Waals surface area contributed by atoms with Crippen molar-refractivity contribution < 1.29 is 22.7 Å². The van der Waals surface area contributed by atoms with E-state index in [9.17, 15) is 23.2 Å². The van der Waals surface area contributed by atoms with Gasteiger partial charge in [-0.3, -0.25) is 4.79 Å². The molecule has 0 saturated heterocycles. The monoisotopic (exact) mass is 359 g/mol. The predicted molar refractivity (Wildman–Crippen MR) is 84.6 cm³/mol. The van der Waals surface area contributed by atoms with Crippen LogP contribution in [0.4, 0.5) is 13.2 Å². The Morgan fingerprint density at radius 1 is 1.35 bits per heavy atom. The zero-order chi connectivity index (χ0) is 19.4. The molecule has 0 radical (unpaired) electrons. The van der Waals surface area contributed by atoms with Gasteiger partial charge in [0.1, 0.15) is 12.4 Å². The third-order valence-electron chi connectivity index (χ3n) is 3.41. The van der Waals surface area contributed by atoms with Crippen molar-refractivity contribution in [1.29, 1.82) is 10.5 Å². The summed E-state index contributed by atoms with van der Waals surface area (Å²) in [5, 5.41) is 20.6. The Morgan fingerprint density at radius 2 is 2.08 bits per heavy atom. The lowest BCUT2D eigenvalue weighted by Crippen LogP contribution is -2.49. The van der Waals surface area contributed by atoms with Crippen molar-refractivity contribution in [2.45, 2.75) is 18.6 Å². The maximum absolute atomic E-state index is 13.1. The van der Waals surface area contributed by atoms with Crippen LogP contribution in [0.2, 0.25) is 0 Å². The van der Waals surface area contributed by atoms with Crippen LogP contribution >= 0.6 is 0 Å². The Hall–Kier alpha value is -3.48. The molecule has 0 unspecified atom stereocenters. The first-order chi connectivity index (χ1) is 12.2. The van der Waals surface area contributed by atoms with Gasteiger partial charge in [0.25, 0.3) is 5.91 Å². The summed E-state index contributed by atoms with van der Waals surface area (Å²) in [7, 11) is 0. The molecule has 5 nitrogen and oxygen atoms in total. The lowest BCUT2D eigenvalue weighted by Gasteiger charge is -2.24. The third-order valence-corrected chi connectivity index (χ3v) is 3.41. The van der Waals surface area contributed by atoms with Crippen molar-refractivity contribution in [3.05, 3.63) is 58.9 Å². The van der Waals surface area contributed by atoms with Crippen LogP contribution < -0.4 is 10.1 Å². The lowest BCUT2D eigenvalue weighted by molar-refractivity contribution is -0.139. The van der Waals surface area contributed by atoms with E-state index in [1.54, 1.807) is 12.1 Å². The van der Waals surface area contributed by atoms with E-state index in [0.29, 0.717) is 0 Å². The molecule has 1 amide bonds. The van der Waals surface area contributed by atoms with Gasteiger partial charge in [-0.25, -0.2) is 0 Å². The molecule has 2 rings (SSSR count). The second-order valence-corrected chi connectivity index (χ2v) is 5.59. The van der Waals surface area contributed by atoms with Crippen molar-refractivity contribution in [3.63, 3.8) is 0 Å². The van der Waals surface area contributed by atoms with Crippen LogP contribution in [0.3, 0.4) is 0 Å². The van der Waals surface area contributed by atoms with E-state index < -0.39 is 35.5 Å². The maximum Gasteiger partial charge on any atom is 0.419 e. The quantitative estimate of drug-likeness (QED) is 0.819. The second kappa shape index (κ2) is 7.18. The van der Waals surface area contributed by atoms with Crippen molar-refractivity contribution in [1.82, 2.24) is 5.32 Å². The minimum atomic E-state index is -4.69. The number of nitriles is 2. The topological polar surface area (TPSA) is 85.9 Å². The molecule has 1 aromatic carbocycles. The van der Waals surface area contributed by atoms with E-state index in [0.717, 1.165) is 18.2 Å². The smallest absolute Gasteiger partial charge is 0.419 e. The molecule has 1 aromatic rings. The standard InChI is InChI=1S/C18H12F3N3O2/c1-17(10-23,24-16(25)13-4-2-3-5-13)11-26-15-8-12(9-22)6-7-14(15)18(19,20)21/h2-4,6-8H,11H2,1H3,(H,24,25)/t17-/m0/s1. The Morgan fingerprint density at radius 3 is 2.62 bits per heavy atom. The highest BCUT2D eigenvalue weighted by atomic mass is 19.4. The van der Waals surface area contributed by atoms with E-state index in [4.69, 9.17) is 10.00 Å². The summed E-state index contributed by atoms with van der Waals surface area (Å²) in [6, 6.07) is 6.22. The highest BCUT2D eigenvalue weighted by Crippen LogP contribution is 2.37. The molecule has 0 aromatic heterocycles. The Labute approximate surface area is 147 Å². The second-order valence-electron chi connectivity index (χ2n) is 5.59. The van der Waals surface area contributed by atoms with Crippen LogP contribution in [0.5, 0.6) is 5.75 Å². The Kier molecular flexibility index (Phi) is 5.21. The average molecular weight is 359 g/mol. The molecule has 132 valence electrons. The highest BCUT2D eigenvalue weighted by Gasteiger charge is 2.36. The minimum absolute atomic E-state index is 0.0259. The molecule has 1 atom stereocenters. The van der Waals surface area contributed by atoms with Gasteiger partial charge >= 0.3 is 6.18 Å². The van der Waals surface area contributed by atoms with Crippen LogP contribution in [0.1, 0.15) is 18.1 Å². The molecular weight excluding hydrogens is 347 g/mol. The molecule has 0 bridgehead atoms. The fourth-order valence-electron chi connectivity index (χ4n) is 2.05. The first-order valence-corrected chi connectivity index (χ1v) is 7.30. The molecule has 0 saturated carbocycles. The van der Waals surface area contributed by atoms with Gasteiger partial charge in [0.2, 0.25) is 0 Å². The summed E-state index contributed by atoms with van der Waals surface area (Å²) in [5.41, 5.74) is 0.151. The summed E-state index contributed by atoms with van der Waals surface area (Å²) in [4.78, 5) is 12.0. The molecule has 0 spiro atoms. The zero-order valence-corrected chi connectivity index (χ0v) is 13.5. The number of hydrogen-bond donors (Lipinski definition) is 1. The number of hydrogen-bond acceptors (Lipinski definition) is 4. The molecule has 1 aliphatic carbocycles. The number of carbonyl (C=O) groups is 1. The predicted octanol–water partition coefficient (Wildman–Crippen LogP) is 3.01. The van der Waals surface area contributed by atoms with Gasteiger partial charge < -0.3 is 10.1 Å². The molecule has 1 N–H and O–H groups in total. The van der Waals surface area contributed by atoms with E-state index in [-0.39, 0.29) is 11.1 Å². The number of carbonyl (C=O) groups excluding carboxylic acids is 1. The van der Waals surface area contributed by atoms with Crippen molar-refractivity contribution >= 4 is 5.91 Å². The number of halogens is 3. The molecule has 1 aliphatic rings. The van der Waals surface area contributed by atoms with Gasteiger partial charge in [0, 0.05) is 0 Å². The molecule has 8 heteroatoms. The Bertz CT molecular complexity index is 913. The van der Waals surface area contributed by atoms with E-state index in [1.807, 2.05) is 6.07 Å². The largest absolute Gasteiger partial charge is 0.489 e. The van der Waals surface area contributed by atoms with Crippen LogP contribution in [0.25, 0.3) is 0 Å².